The first-order valence-electron chi connectivity index (χ1n) is 5.55. The summed E-state index contributed by atoms with van der Waals surface area (Å²) in [7, 11) is 0. The second-order valence-corrected chi connectivity index (χ2v) is 4.05. The standard InChI is InChI=1S/C13H12F2N2O2/c1-7-2-3-9(19-7)6-17-13(18)10-4-8(14)5-11(16)12(10)15/h2-5H,6,16H2,1H3,(H,17,18). The van der Waals surface area contributed by atoms with Gasteiger partial charge in [-0.2, -0.15) is 0 Å². The highest BCUT2D eigenvalue weighted by Gasteiger charge is 2.16. The maximum atomic E-state index is 13.6. The van der Waals surface area contributed by atoms with Crippen molar-refractivity contribution in [1.82, 2.24) is 5.32 Å². The highest BCUT2D eigenvalue weighted by Crippen LogP contribution is 2.17. The molecule has 0 unspecified atom stereocenters. The van der Waals surface area contributed by atoms with Crippen molar-refractivity contribution in [2.24, 2.45) is 0 Å². The van der Waals surface area contributed by atoms with Gasteiger partial charge in [-0.3, -0.25) is 4.79 Å². The van der Waals surface area contributed by atoms with Crippen LogP contribution in [-0.2, 0) is 6.54 Å². The zero-order valence-electron chi connectivity index (χ0n) is 10.2. The molecule has 2 rings (SSSR count). The molecule has 0 atom stereocenters. The van der Waals surface area contributed by atoms with Crippen LogP contribution in [0.1, 0.15) is 21.9 Å². The molecule has 0 saturated carbocycles. The van der Waals surface area contributed by atoms with Crippen LogP contribution in [0.2, 0.25) is 0 Å². The Hall–Kier alpha value is -2.37. The number of halogens is 2. The van der Waals surface area contributed by atoms with E-state index in [0.717, 1.165) is 12.1 Å². The molecule has 0 aliphatic carbocycles. The number of amides is 1. The quantitative estimate of drug-likeness (QED) is 0.838. The molecule has 0 aliphatic rings. The Morgan fingerprint density at radius 3 is 2.74 bits per heavy atom. The summed E-state index contributed by atoms with van der Waals surface area (Å²) in [4.78, 5) is 11.7. The van der Waals surface area contributed by atoms with Crippen molar-refractivity contribution in [3.8, 4) is 0 Å². The maximum absolute atomic E-state index is 13.6. The Kier molecular flexibility index (Phi) is 3.50. The number of aryl methyl sites for hydroxylation is 1. The number of furan rings is 1. The number of nitrogen functional groups attached to an aromatic ring is 1. The summed E-state index contributed by atoms with van der Waals surface area (Å²) >= 11 is 0. The number of carbonyl (C=O) groups is 1. The number of nitrogens with one attached hydrogen (secondary N) is 1. The molecule has 6 heteroatoms. The van der Waals surface area contributed by atoms with E-state index < -0.39 is 28.8 Å². The monoisotopic (exact) mass is 266 g/mol. The smallest absolute Gasteiger partial charge is 0.254 e. The molecule has 1 aromatic carbocycles. The number of carbonyl (C=O) groups excluding carboxylic acids is 1. The molecule has 3 N–H and O–H groups in total. The molecule has 100 valence electrons. The highest BCUT2D eigenvalue weighted by molar-refractivity contribution is 5.95. The van der Waals surface area contributed by atoms with Crippen LogP contribution < -0.4 is 11.1 Å². The van der Waals surface area contributed by atoms with E-state index in [1.165, 1.54) is 0 Å². The van der Waals surface area contributed by atoms with Crippen LogP contribution in [0.4, 0.5) is 14.5 Å². The Bertz CT molecular complexity index is 623. The fourth-order valence-electron chi connectivity index (χ4n) is 1.62. The lowest BCUT2D eigenvalue weighted by atomic mass is 10.1. The lowest BCUT2D eigenvalue weighted by molar-refractivity contribution is 0.0943. The van der Waals surface area contributed by atoms with Crippen LogP contribution in [-0.4, -0.2) is 5.91 Å². The molecule has 0 spiro atoms. The first-order chi connectivity index (χ1) is 8.97. The van der Waals surface area contributed by atoms with Gasteiger partial charge in [-0.15, -0.1) is 0 Å². The van der Waals surface area contributed by atoms with Gasteiger partial charge < -0.3 is 15.5 Å². The van der Waals surface area contributed by atoms with Gasteiger partial charge in [0.2, 0.25) is 0 Å². The molecular formula is C13H12F2N2O2. The Morgan fingerprint density at radius 1 is 1.37 bits per heavy atom. The summed E-state index contributed by atoms with van der Waals surface area (Å²) < 4.78 is 31.9. The van der Waals surface area contributed by atoms with Crippen LogP contribution >= 0.6 is 0 Å². The molecule has 0 aliphatic heterocycles. The minimum Gasteiger partial charge on any atom is -0.465 e. The van der Waals surface area contributed by atoms with E-state index in [1.807, 2.05) is 0 Å². The lowest BCUT2D eigenvalue weighted by Crippen LogP contribution is -2.24. The number of hydrogen-bond acceptors (Lipinski definition) is 3. The maximum Gasteiger partial charge on any atom is 0.254 e. The Morgan fingerprint density at radius 2 is 2.11 bits per heavy atom. The summed E-state index contributed by atoms with van der Waals surface area (Å²) in [5.41, 5.74) is 4.42. The molecule has 0 fully saturated rings. The first-order valence-corrected chi connectivity index (χ1v) is 5.55. The molecule has 1 amide bonds. The topological polar surface area (TPSA) is 68.3 Å². The highest BCUT2D eigenvalue weighted by atomic mass is 19.1. The van der Waals surface area contributed by atoms with Gasteiger partial charge in [0.15, 0.2) is 5.82 Å². The first kappa shape index (κ1) is 13.1. The van der Waals surface area contributed by atoms with Crippen molar-refractivity contribution >= 4 is 11.6 Å². The van der Waals surface area contributed by atoms with Crippen LogP contribution in [0.15, 0.2) is 28.7 Å². The van der Waals surface area contributed by atoms with E-state index in [4.69, 9.17) is 10.2 Å². The largest absolute Gasteiger partial charge is 0.465 e. The van der Waals surface area contributed by atoms with Crippen LogP contribution in [0.3, 0.4) is 0 Å². The molecule has 1 aromatic heterocycles. The number of nitrogens with two attached hydrogens (primary N) is 1. The van der Waals surface area contributed by atoms with Crippen molar-refractivity contribution in [3.05, 3.63) is 53.0 Å². The third-order valence-corrected chi connectivity index (χ3v) is 2.53. The molecule has 4 nitrogen and oxygen atoms in total. The number of anilines is 1. The predicted molar refractivity (Wildman–Crippen MR) is 65.4 cm³/mol. The van der Waals surface area contributed by atoms with Crippen molar-refractivity contribution in [3.63, 3.8) is 0 Å². The summed E-state index contributed by atoms with van der Waals surface area (Å²) in [5.74, 6) is -1.23. The lowest BCUT2D eigenvalue weighted by Gasteiger charge is -2.06. The minimum atomic E-state index is -0.936. The fraction of sp³-hybridized carbons (Fsp3) is 0.154. The van der Waals surface area contributed by atoms with E-state index in [2.05, 4.69) is 5.32 Å². The average molecular weight is 266 g/mol. The SMILES string of the molecule is Cc1ccc(CNC(=O)c2cc(F)cc(N)c2F)o1. The third kappa shape index (κ3) is 2.90. The van der Waals surface area contributed by atoms with Gasteiger partial charge in [0, 0.05) is 0 Å². The van der Waals surface area contributed by atoms with Crippen LogP contribution in [0.5, 0.6) is 0 Å². The van der Waals surface area contributed by atoms with E-state index in [9.17, 15) is 13.6 Å². The van der Waals surface area contributed by atoms with E-state index in [0.29, 0.717) is 11.5 Å². The van der Waals surface area contributed by atoms with Crippen LogP contribution in [0.25, 0.3) is 0 Å². The second-order valence-electron chi connectivity index (χ2n) is 4.05. The summed E-state index contributed by atoms with van der Waals surface area (Å²) in [6, 6.07) is 5.05. The van der Waals surface area contributed by atoms with E-state index in [-0.39, 0.29) is 6.54 Å². The predicted octanol–water partition coefficient (Wildman–Crippen LogP) is 2.38. The van der Waals surface area contributed by atoms with Gasteiger partial charge in [-0.1, -0.05) is 0 Å². The summed E-state index contributed by atoms with van der Waals surface area (Å²) in [6.07, 6.45) is 0. The molecular weight excluding hydrogens is 254 g/mol. The number of rotatable bonds is 3. The van der Waals surface area contributed by atoms with E-state index >= 15 is 0 Å². The Labute approximate surface area is 108 Å². The second kappa shape index (κ2) is 5.09. The Balaban J connectivity index is 2.12. The van der Waals surface area contributed by atoms with E-state index in [1.54, 1.807) is 19.1 Å². The zero-order chi connectivity index (χ0) is 14.0. The van der Waals surface area contributed by atoms with Crippen molar-refractivity contribution in [2.45, 2.75) is 13.5 Å². The molecule has 1 heterocycles. The number of hydrogen-bond donors (Lipinski definition) is 2. The van der Waals surface area contributed by atoms with Crippen LogP contribution in [0, 0.1) is 18.6 Å². The van der Waals surface area contributed by atoms with Gasteiger partial charge in [0.1, 0.15) is 17.3 Å². The molecule has 19 heavy (non-hydrogen) atoms. The van der Waals surface area contributed by atoms with Gasteiger partial charge in [0.05, 0.1) is 17.8 Å². The van der Waals surface area contributed by atoms with Gasteiger partial charge in [0.25, 0.3) is 5.91 Å². The van der Waals surface area contributed by atoms with Gasteiger partial charge >= 0.3 is 0 Å². The molecule has 0 bridgehead atoms. The number of benzene rings is 1. The molecule has 0 saturated heterocycles. The minimum absolute atomic E-state index is 0.0858. The van der Waals surface area contributed by atoms with Crippen molar-refractivity contribution < 1.29 is 18.0 Å². The normalized spacial score (nSPS) is 10.5. The third-order valence-electron chi connectivity index (χ3n) is 2.53. The average Bonchev–Trinajstić information content (AvgIpc) is 2.76. The van der Waals surface area contributed by atoms with Gasteiger partial charge in [-0.25, -0.2) is 8.78 Å². The fourth-order valence-corrected chi connectivity index (χ4v) is 1.62. The molecule has 2 aromatic rings. The van der Waals surface area contributed by atoms with Crippen molar-refractivity contribution in [2.75, 3.05) is 5.73 Å². The summed E-state index contributed by atoms with van der Waals surface area (Å²) in [5, 5.41) is 2.43. The summed E-state index contributed by atoms with van der Waals surface area (Å²) in [6.45, 7) is 1.85. The van der Waals surface area contributed by atoms with Gasteiger partial charge in [-0.05, 0) is 31.2 Å². The van der Waals surface area contributed by atoms with Crippen molar-refractivity contribution in [1.29, 1.82) is 0 Å². The molecule has 0 radical (unpaired) electrons. The zero-order valence-corrected chi connectivity index (χ0v) is 10.2.